The predicted molar refractivity (Wildman–Crippen MR) is 106 cm³/mol. The monoisotopic (exact) mass is 464 g/mol. The number of amides is 1. The molecule has 0 saturated heterocycles. The smallest absolute Gasteiger partial charge is 0.283 e. The first-order valence-corrected chi connectivity index (χ1v) is 9.99. The van der Waals surface area contributed by atoms with Crippen molar-refractivity contribution in [3.05, 3.63) is 57.6 Å². The maximum Gasteiger partial charge on any atom is 0.283 e. The van der Waals surface area contributed by atoms with Gasteiger partial charge in [0.2, 0.25) is 11.9 Å². The topological polar surface area (TPSA) is 77.6 Å². The van der Waals surface area contributed by atoms with E-state index in [9.17, 15) is 13.6 Å². The number of hydrogen-bond acceptors (Lipinski definition) is 4. The van der Waals surface area contributed by atoms with E-state index in [1.165, 1.54) is 11.0 Å². The van der Waals surface area contributed by atoms with Crippen LogP contribution in [0.4, 0.5) is 14.7 Å². The van der Waals surface area contributed by atoms with Gasteiger partial charge in [-0.1, -0.05) is 24.3 Å². The number of benzene rings is 1. The Labute approximate surface area is 174 Å². The second-order valence-corrected chi connectivity index (χ2v) is 7.85. The number of aromatic nitrogens is 5. The summed E-state index contributed by atoms with van der Waals surface area (Å²) in [5.74, 6) is -0.100. The van der Waals surface area contributed by atoms with E-state index < -0.39 is 12.3 Å². The van der Waals surface area contributed by atoms with Crippen molar-refractivity contribution in [1.82, 2.24) is 24.5 Å². The molecule has 7 nitrogen and oxygen atoms in total. The first-order valence-electron chi connectivity index (χ1n) is 9.20. The number of carbonyl (C=O) groups is 1. The second kappa shape index (κ2) is 8.02. The minimum Gasteiger partial charge on any atom is -0.292 e. The van der Waals surface area contributed by atoms with Crippen LogP contribution in [0.1, 0.15) is 47.7 Å². The first-order chi connectivity index (χ1) is 13.9. The van der Waals surface area contributed by atoms with Gasteiger partial charge in [-0.3, -0.25) is 14.8 Å². The zero-order chi connectivity index (χ0) is 20.5. The van der Waals surface area contributed by atoms with Crippen molar-refractivity contribution < 1.29 is 13.6 Å². The van der Waals surface area contributed by atoms with Gasteiger partial charge in [-0.15, -0.1) is 5.10 Å². The minimum absolute atomic E-state index is 0.156. The molecule has 0 aliphatic heterocycles. The standard InChI is InChI=1S/C19H19BrF2N6O/c1-11-4-2-3-5-13(11)8-27-10-23-19(26-27)24-14(29)9-28-17(12-6-7-12)15(20)16(25-28)18(21)22/h2-5,10,12,18H,6-9H2,1H3,(H,24,26,29). The average Bonchev–Trinajstić information content (AvgIpc) is 3.32. The fraction of sp³-hybridized carbons (Fsp3) is 0.368. The molecule has 1 saturated carbocycles. The third-order valence-corrected chi connectivity index (χ3v) is 5.61. The van der Waals surface area contributed by atoms with Crippen LogP contribution < -0.4 is 5.32 Å². The van der Waals surface area contributed by atoms with Crippen LogP contribution in [0.15, 0.2) is 35.1 Å². The van der Waals surface area contributed by atoms with Gasteiger partial charge in [-0.25, -0.2) is 18.4 Å². The number of anilines is 1. The lowest BCUT2D eigenvalue weighted by molar-refractivity contribution is -0.117. The molecule has 1 amide bonds. The molecule has 4 rings (SSSR count). The number of hydrogen-bond donors (Lipinski definition) is 1. The second-order valence-electron chi connectivity index (χ2n) is 7.06. The SMILES string of the molecule is Cc1ccccc1Cn1cnc(NC(=O)Cn2nc(C(F)F)c(Br)c2C2CC2)n1. The molecule has 10 heteroatoms. The molecule has 1 N–H and O–H groups in total. The van der Waals surface area contributed by atoms with Crippen molar-refractivity contribution in [2.24, 2.45) is 0 Å². The molecule has 0 radical (unpaired) electrons. The Hall–Kier alpha value is -2.62. The molecule has 1 aromatic carbocycles. The molecule has 29 heavy (non-hydrogen) atoms. The van der Waals surface area contributed by atoms with Gasteiger partial charge < -0.3 is 0 Å². The van der Waals surface area contributed by atoms with Gasteiger partial charge in [0.05, 0.1) is 16.7 Å². The fourth-order valence-corrected chi connectivity index (χ4v) is 3.95. The lowest BCUT2D eigenvalue weighted by Crippen LogP contribution is -2.21. The van der Waals surface area contributed by atoms with E-state index in [2.05, 4.69) is 36.4 Å². The third-order valence-electron chi connectivity index (χ3n) is 4.80. The van der Waals surface area contributed by atoms with Crippen molar-refractivity contribution >= 4 is 27.8 Å². The summed E-state index contributed by atoms with van der Waals surface area (Å²) < 4.78 is 29.6. The van der Waals surface area contributed by atoms with Gasteiger partial charge in [0.15, 0.2) is 0 Å². The van der Waals surface area contributed by atoms with Crippen LogP contribution in [-0.4, -0.2) is 30.5 Å². The zero-order valence-corrected chi connectivity index (χ0v) is 17.2. The molecular formula is C19H19BrF2N6O. The van der Waals surface area contributed by atoms with Gasteiger partial charge >= 0.3 is 0 Å². The van der Waals surface area contributed by atoms with Crippen LogP contribution in [0, 0.1) is 6.92 Å². The predicted octanol–water partition coefficient (Wildman–Crippen LogP) is 4.05. The van der Waals surface area contributed by atoms with Crippen molar-refractivity contribution in [2.45, 2.75) is 45.2 Å². The molecule has 1 aliphatic carbocycles. The van der Waals surface area contributed by atoms with Gasteiger partial charge in [-0.05, 0) is 46.8 Å². The van der Waals surface area contributed by atoms with Crippen LogP contribution in [0.5, 0.6) is 0 Å². The molecule has 0 atom stereocenters. The number of rotatable bonds is 7. The highest BCUT2D eigenvalue weighted by atomic mass is 79.9. The van der Waals surface area contributed by atoms with Crippen molar-refractivity contribution in [2.75, 3.05) is 5.32 Å². The van der Waals surface area contributed by atoms with Crippen molar-refractivity contribution in [3.8, 4) is 0 Å². The summed E-state index contributed by atoms with van der Waals surface area (Å²) in [6.07, 6.45) is 0.640. The number of nitrogens with zero attached hydrogens (tertiary/aromatic N) is 5. The van der Waals surface area contributed by atoms with Crippen LogP contribution in [-0.2, 0) is 17.9 Å². The summed E-state index contributed by atoms with van der Waals surface area (Å²) in [4.78, 5) is 16.5. The number of carbonyl (C=O) groups excluding carboxylic acids is 1. The summed E-state index contributed by atoms with van der Waals surface area (Å²) in [6, 6.07) is 7.94. The van der Waals surface area contributed by atoms with E-state index in [1.54, 1.807) is 4.68 Å². The Kier molecular flexibility index (Phi) is 5.44. The van der Waals surface area contributed by atoms with Crippen LogP contribution >= 0.6 is 15.9 Å². The van der Waals surface area contributed by atoms with E-state index in [0.717, 1.165) is 24.0 Å². The Morgan fingerprint density at radius 1 is 1.31 bits per heavy atom. The van der Waals surface area contributed by atoms with E-state index in [4.69, 9.17) is 0 Å². The lowest BCUT2D eigenvalue weighted by Gasteiger charge is -2.07. The highest BCUT2D eigenvalue weighted by Crippen LogP contribution is 2.45. The summed E-state index contributed by atoms with van der Waals surface area (Å²) in [5.41, 5.74) is 2.55. The highest BCUT2D eigenvalue weighted by Gasteiger charge is 2.34. The Morgan fingerprint density at radius 2 is 2.07 bits per heavy atom. The summed E-state index contributed by atoms with van der Waals surface area (Å²) >= 11 is 3.22. The normalized spacial score (nSPS) is 13.8. The molecule has 2 aromatic heterocycles. The summed E-state index contributed by atoms with van der Waals surface area (Å²) in [5, 5.41) is 10.8. The molecule has 0 unspecified atom stereocenters. The van der Waals surface area contributed by atoms with E-state index in [1.807, 2.05) is 31.2 Å². The van der Waals surface area contributed by atoms with E-state index in [0.29, 0.717) is 16.7 Å². The molecule has 2 heterocycles. The summed E-state index contributed by atoms with van der Waals surface area (Å²) in [6.45, 7) is 2.37. The maximum absolute atomic E-state index is 13.2. The average molecular weight is 465 g/mol. The minimum atomic E-state index is -2.70. The van der Waals surface area contributed by atoms with Gasteiger partial charge in [0.25, 0.3) is 6.43 Å². The van der Waals surface area contributed by atoms with Crippen molar-refractivity contribution in [1.29, 1.82) is 0 Å². The molecular weight excluding hydrogens is 446 g/mol. The molecule has 1 aliphatic rings. The van der Waals surface area contributed by atoms with Gasteiger partial charge in [0.1, 0.15) is 18.6 Å². The van der Waals surface area contributed by atoms with Crippen LogP contribution in [0.3, 0.4) is 0 Å². The molecule has 1 fully saturated rings. The summed E-state index contributed by atoms with van der Waals surface area (Å²) in [7, 11) is 0. The van der Waals surface area contributed by atoms with Crippen molar-refractivity contribution in [3.63, 3.8) is 0 Å². The molecule has 152 valence electrons. The van der Waals surface area contributed by atoms with Gasteiger partial charge in [0, 0.05) is 5.92 Å². The largest absolute Gasteiger partial charge is 0.292 e. The number of alkyl halides is 2. The lowest BCUT2D eigenvalue weighted by atomic mass is 10.1. The molecule has 3 aromatic rings. The fourth-order valence-electron chi connectivity index (χ4n) is 3.17. The van der Waals surface area contributed by atoms with E-state index >= 15 is 0 Å². The van der Waals surface area contributed by atoms with E-state index in [-0.39, 0.29) is 24.1 Å². The quantitative estimate of drug-likeness (QED) is 0.572. The zero-order valence-electron chi connectivity index (χ0n) is 15.6. The van der Waals surface area contributed by atoms with Crippen LogP contribution in [0.25, 0.3) is 0 Å². The van der Waals surface area contributed by atoms with Gasteiger partial charge in [-0.2, -0.15) is 5.10 Å². The number of nitrogens with one attached hydrogen (secondary N) is 1. The number of halogens is 3. The number of aryl methyl sites for hydroxylation is 1. The Bertz CT molecular complexity index is 1040. The molecule has 0 spiro atoms. The highest BCUT2D eigenvalue weighted by molar-refractivity contribution is 9.10. The Balaban J connectivity index is 1.44. The molecule has 0 bridgehead atoms. The first kappa shape index (κ1) is 19.7. The third kappa shape index (κ3) is 4.36. The van der Waals surface area contributed by atoms with Crippen LogP contribution in [0.2, 0.25) is 0 Å². The maximum atomic E-state index is 13.2. The Morgan fingerprint density at radius 3 is 2.76 bits per heavy atom.